The minimum absolute atomic E-state index is 0.0701. The van der Waals surface area contributed by atoms with Crippen LogP contribution in [0.5, 0.6) is 0 Å². The molecule has 4 rings (SSSR count). The maximum atomic E-state index is 13.7. The van der Waals surface area contributed by atoms with Gasteiger partial charge in [-0.05, 0) is 36.3 Å². The quantitative estimate of drug-likeness (QED) is 0.437. The van der Waals surface area contributed by atoms with Crippen LogP contribution in [0.15, 0.2) is 40.4 Å². The van der Waals surface area contributed by atoms with E-state index in [1.165, 1.54) is 4.90 Å². The third-order valence-corrected chi connectivity index (χ3v) is 8.13. The largest absolute Gasteiger partial charge is 0.391 e. The first-order chi connectivity index (χ1) is 17.9. The molecule has 1 unspecified atom stereocenters. The zero-order chi connectivity index (χ0) is 27.8. The number of rotatable bonds is 7. The molecule has 38 heavy (non-hydrogen) atoms. The van der Waals surface area contributed by atoms with Gasteiger partial charge in [0.2, 0.25) is 11.8 Å². The number of hydrogen-bond donors (Lipinski definition) is 2. The number of nitrogens with zero attached hydrogens (tertiary/aromatic N) is 3. The van der Waals surface area contributed by atoms with Crippen molar-refractivity contribution in [1.29, 1.82) is 0 Å². The Morgan fingerprint density at radius 2 is 1.87 bits per heavy atom. The van der Waals surface area contributed by atoms with Gasteiger partial charge in [0.05, 0.1) is 33.9 Å². The van der Waals surface area contributed by atoms with Crippen molar-refractivity contribution < 1.29 is 19.2 Å². The Labute approximate surface area is 228 Å². The van der Waals surface area contributed by atoms with Gasteiger partial charge in [-0.25, -0.2) is 4.98 Å². The van der Waals surface area contributed by atoms with Crippen molar-refractivity contribution >= 4 is 23.2 Å². The first-order valence-corrected chi connectivity index (χ1v) is 14.0. The minimum atomic E-state index is -0.772. The molecule has 4 atom stereocenters. The van der Waals surface area contributed by atoms with Crippen molar-refractivity contribution in [2.24, 2.45) is 11.3 Å². The normalized spacial score (nSPS) is 19.6. The molecule has 0 radical (unpaired) electrons. The van der Waals surface area contributed by atoms with Gasteiger partial charge in [-0.15, -0.1) is 11.3 Å². The number of aryl methyl sites for hydroxylation is 2. The number of aliphatic hydroxyl groups excluding tert-OH is 1. The standard InChI is InChI=1S/C29H38N4O4S/c1-16(2)24(23-12-17(3)32-37-23)28(36)33-14-21(34)13-22(33)27(35)31-26(29(5,6)7)20-10-8-19(9-11-20)25-18(4)30-15-38-25/h8-12,15-16,21-22,24,26,34H,13-14H2,1-7H3,(H,31,35)/t21-,22+,24?,26-/m0/s1. The number of amides is 2. The fourth-order valence-corrected chi connectivity index (χ4v) is 6.01. The summed E-state index contributed by atoms with van der Waals surface area (Å²) in [4.78, 5) is 34.4. The van der Waals surface area contributed by atoms with Crippen LogP contribution in [0, 0.1) is 25.2 Å². The zero-order valence-corrected chi connectivity index (χ0v) is 24.0. The third-order valence-electron chi connectivity index (χ3n) is 7.15. The van der Waals surface area contributed by atoms with Gasteiger partial charge in [0.25, 0.3) is 0 Å². The molecular formula is C29H38N4O4S. The summed E-state index contributed by atoms with van der Waals surface area (Å²) in [5.41, 5.74) is 5.30. The minimum Gasteiger partial charge on any atom is -0.391 e. The number of nitrogens with one attached hydrogen (secondary N) is 1. The maximum Gasteiger partial charge on any atom is 0.243 e. The fraction of sp³-hybridized carbons (Fsp3) is 0.517. The van der Waals surface area contributed by atoms with Gasteiger partial charge in [0.15, 0.2) is 0 Å². The van der Waals surface area contributed by atoms with Crippen LogP contribution in [0.3, 0.4) is 0 Å². The Morgan fingerprint density at radius 3 is 2.39 bits per heavy atom. The van der Waals surface area contributed by atoms with E-state index >= 15 is 0 Å². The van der Waals surface area contributed by atoms with Crippen LogP contribution in [0.1, 0.15) is 75.7 Å². The molecule has 204 valence electrons. The number of carbonyl (C=O) groups excluding carboxylic acids is 2. The second kappa shape index (κ2) is 11.0. The van der Waals surface area contributed by atoms with E-state index in [9.17, 15) is 14.7 Å². The van der Waals surface area contributed by atoms with E-state index in [2.05, 4.69) is 48.4 Å². The predicted molar refractivity (Wildman–Crippen MR) is 148 cm³/mol. The molecule has 0 spiro atoms. The second-order valence-corrected chi connectivity index (χ2v) is 12.5. The summed E-state index contributed by atoms with van der Waals surface area (Å²) in [6.07, 6.45) is -0.577. The summed E-state index contributed by atoms with van der Waals surface area (Å²) in [6, 6.07) is 8.89. The second-order valence-electron chi connectivity index (χ2n) is 11.7. The van der Waals surface area contributed by atoms with Crippen LogP contribution in [0.25, 0.3) is 10.4 Å². The van der Waals surface area contributed by atoms with Crippen molar-refractivity contribution in [3.8, 4) is 10.4 Å². The molecular weight excluding hydrogens is 500 g/mol. The van der Waals surface area contributed by atoms with Gasteiger partial charge in [-0.2, -0.15) is 0 Å². The smallest absolute Gasteiger partial charge is 0.243 e. The van der Waals surface area contributed by atoms with Gasteiger partial charge < -0.3 is 19.8 Å². The van der Waals surface area contributed by atoms with Crippen molar-refractivity contribution in [1.82, 2.24) is 20.4 Å². The number of aliphatic hydroxyl groups is 1. The number of benzene rings is 1. The molecule has 3 heterocycles. The molecule has 1 aromatic carbocycles. The lowest BCUT2D eigenvalue weighted by Gasteiger charge is -2.35. The predicted octanol–water partition coefficient (Wildman–Crippen LogP) is 5.02. The molecule has 9 heteroatoms. The van der Waals surface area contributed by atoms with Crippen molar-refractivity contribution in [2.75, 3.05) is 6.54 Å². The molecule has 2 amide bonds. The van der Waals surface area contributed by atoms with Crippen LogP contribution in [-0.2, 0) is 9.59 Å². The van der Waals surface area contributed by atoms with E-state index < -0.39 is 18.1 Å². The molecule has 8 nitrogen and oxygen atoms in total. The number of thiazole rings is 1. The van der Waals surface area contributed by atoms with Crippen LogP contribution < -0.4 is 5.32 Å². The number of likely N-dealkylation sites (tertiary alicyclic amines) is 1. The maximum absolute atomic E-state index is 13.7. The lowest BCUT2D eigenvalue weighted by Crippen LogP contribution is -2.50. The van der Waals surface area contributed by atoms with Crippen LogP contribution in [-0.4, -0.2) is 50.7 Å². The molecule has 1 fully saturated rings. The van der Waals surface area contributed by atoms with Gasteiger partial charge in [-0.1, -0.05) is 64.0 Å². The molecule has 1 saturated heterocycles. The Morgan fingerprint density at radius 1 is 1.18 bits per heavy atom. The Hall–Kier alpha value is -3.04. The molecule has 2 aromatic heterocycles. The van der Waals surface area contributed by atoms with Crippen molar-refractivity contribution in [3.63, 3.8) is 0 Å². The SMILES string of the molecule is Cc1cc(C(C(=O)N2C[C@@H](O)C[C@@H]2C(=O)N[C@@H](c2ccc(-c3scnc3C)cc2)C(C)(C)C)C(C)C)on1. The van der Waals surface area contributed by atoms with Gasteiger partial charge in [0.1, 0.15) is 17.7 Å². The molecule has 1 aliphatic heterocycles. The van der Waals surface area contributed by atoms with Gasteiger partial charge >= 0.3 is 0 Å². The van der Waals surface area contributed by atoms with Gasteiger partial charge in [-0.3, -0.25) is 9.59 Å². The van der Waals surface area contributed by atoms with Crippen LogP contribution >= 0.6 is 11.3 Å². The van der Waals surface area contributed by atoms with Crippen LogP contribution in [0.2, 0.25) is 0 Å². The van der Waals surface area contributed by atoms with E-state index in [4.69, 9.17) is 4.52 Å². The Kier molecular flexibility index (Phi) is 8.09. The average Bonchev–Trinajstić information content (AvgIpc) is 3.56. The molecule has 3 aromatic rings. The monoisotopic (exact) mass is 538 g/mol. The summed E-state index contributed by atoms with van der Waals surface area (Å²) < 4.78 is 5.44. The highest BCUT2D eigenvalue weighted by molar-refractivity contribution is 7.13. The summed E-state index contributed by atoms with van der Waals surface area (Å²) in [6.45, 7) is 14.0. The third kappa shape index (κ3) is 5.83. The first-order valence-electron chi connectivity index (χ1n) is 13.1. The number of hydrogen-bond acceptors (Lipinski definition) is 7. The number of carbonyl (C=O) groups is 2. The topological polar surface area (TPSA) is 109 Å². The summed E-state index contributed by atoms with van der Waals surface area (Å²) in [7, 11) is 0. The van der Waals surface area contributed by atoms with E-state index in [-0.39, 0.29) is 42.2 Å². The summed E-state index contributed by atoms with van der Waals surface area (Å²) in [5.74, 6) is -0.679. The molecule has 2 N–H and O–H groups in total. The number of β-amino-alcohol motifs (C(OH)–C–C–N with tert-alkyl or cyclic N) is 1. The van der Waals surface area contributed by atoms with Crippen LogP contribution in [0.4, 0.5) is 0 Å². The molecule has 0 saturated carbocycles. The zero-order valence-electron chi connectivity index (χ0n) is 23.2. The van der Waals surface area contributed by atoms with E-state index in [0.717, 1.165) is 21.7 Å². The Balaban J connectivity index is 1.57. The van der Waals surface area contributed by atoms with E-state index in [1.54, 1.807) is 17.4 Å². The van der Waals surface area contributed by atoms with Crippen molar-refractivity contribution in [3.05, 3.63) is 58.6 Å². The summed E-state index contributed by atoms with van der Waals surface area (Å²) >= 11 is 1.60. The Bertz CT molecular complexity index is 1270. The van der Waals surface area contributed by atoms with E-state index in [0.29, 0.717) is 11.5 Å². The first kappa shape index (κ1) is 28.0. The lowest BCUT2D eigenvalue weighted by atomic mass is 9.82. The van der Waals surface area contributed by atoms with Gasteiger partial charge in [0, 0.05) is 19.0 Å². The average molecular weight is 539 g/mol. The molecule has 0 bridgehead atoms. The highest BCUT2D eigenvalue weighted by Crippen LogP contribution is 2.36. The molecule has 1 aliphatic rings. The van der Waals surface area contributed by atoms with E-state index in [1.807, 2.05) is 45.3 Å². The lowest BCUT2D eigenvalue weighted by molar-refractivity contribution is -0.141. The number of aromatic nitrogens is 2. The highest BCUT2D eigenvalue weighted by atomic mass is 32.1. The van der Waals surface area contributed by atoms with Crippen molar-refractivity contribution in [2.45, 2.75) is 79.0 Å². The fourth-order valence-electron chi connectivity index (χ4n) is 5.19. The summed E-state index contributed by atoms with van der Waals surface area (Å²) in [5, 5.41) is 17.7. The molecule has 0 aliphatic carbocycles. The highest BCUT2D eigenvalue weighted by Gasteiger charge is 2.44.